The number of aliphatic carboxylic acids is 1. The molecule has 1 aromatic rings. The Balaban J connectivity index is 0.00000256. The predicted octanol–water partition coefficient (Wildman–Crippen LogP) is 0.573. The minimum atomic E-state index is -1.86. The first-order valence-electron chi connectivity index (χ1n) is 5.13. The van der Waals surface area contributed by atoms with E-state index in [9.17, 15) is 9.59 Å². The molecule has 0 saturated heterocycles. The number of carbonyl (C=O) groups excluding carboxylic acids is 1. The summed E-state index contributed by atoms with van der Waals surface area (Å²) in [5, 5.41) is 8.45. The van der Waals surface area contributed by atoms with Gasteiger partial charge in [-0.25, -0.2) is 4.79 Å². The van der Waals surface area contributed by atoms with Crippen molar-refractivity contribution in [2.24, 2.45) is 0 Å². The minimum absolute atomic E-state index is 0. The molecule has 3 nitrogen and oxygen atoms in total. The van der Waals surface area contributed by atoms with Crippen molar-refractivity contribution >= 4 is 41.3 Å². The number of Topliss-reactive ketones (excluding diaryl/α,β-unsaturated/α-hetero) is 1. The van der Waals surface area contributed by atoms with Gasteiger partial charge in [-0.05, 0) is 0 Å². The van der Waals surface area contributed by atoms with Gasteiger partial charge in [0.2, 0.25) is 0 Å². The molecule has 1 N–H and O–H groups in total. The van der Waals surface area contributed by atoms with Crippen molar-refractivity contribution in [3.05, 3.63) is 35.8 Å². The Morgan fingerprint density at radius 1 is 1.25 bits per heavy atom. The zero-order chi connectivity index (χ0) is 12.6. The molecule has 0 spiro atoms. The first-order valence-corrected chi connectivity index (χ1v) is 2.63. The Morgan fingerprint density at radius 3 is 2.17 bits per heavy atom. The molecule has 1 rings (SSSR count). The fourth-order valence-corrected chi connectivity index (χ4v) is 0.470. The van der Waals surface area contributed by atoms with Crippen molar-refractivity contribution in [1.29, 1.82) is 0 Å². The normalized spacial score (nSPS) is 14.2. The second-order valence-electron chi connectivity index (χ2n) is 1.63. The second-order valence-corrected chi connectivity index (χ2v) is 1.63. The van der Waals surface area contributed by atoms with Gasteiger partial charge in [0.15, 0.2) is 0 Å². The van der Waals surface area contributed by atoms with Crippen molar-refractivity contribution in [2.45, 2.75) is 0 Å². The molecule has 0 aliphatic rings. The largest absolute Gasteiger partial charge is 0.475 e. The van der Waals surface area contributed by atoms with Gasteiger partial charge < -0.3 is 5.11 Å². The molecule has 57 valence electrons. The van der Waals surface area contributed by atoms with Gasteiger partial charge in [0, 0.05) is 35.1 Å². The maximum atomic E-state index is 11.1. The minimum Gasteiger partial charge on any atom is -0.475 e. The second kappa shape index (κ2) is 5.09. The van der Waals surface area contributed by atoms with Gasteiger partial charge in [-0.15, -0.1) is 0 Å². The number of carboxylic acid groups (broad SMARTS) is 1. The van der Waals surface area contributed by atoms with Crippen LogP contribution in [0.25, 0.3) is 0 Å². The first-order chi connectivity index (χ1) is 7.29. The molecular weight excluding hydrogens is 167 g/mol. The monoisotopic (exact) mass is 178 g/mol. The van der Waals surface area contributed by atoms with E-state index in [0.29, 0.717) is 0 Å². The van der Waals surface area contributed by atoms with Crippen LogP contribution in [0.5, 0.6) is 0 Å². The predicted molar refractivity (Wildman–Crippen MR) is 44.2 cm³/mol. The van der Waals surface area contributed by atoms with E-state index in [1.807, 2.05) is 0 Å². The summed E-state index contributed by atoms with van der Waals surface area (Å²) in [5.74, 6) is -3.38. The Bertz CT molecular complexity index is 473. The molecule has 0 fully saturated rings. The number of rotatable bonds is 2. The van der Waals surface area contributed by atoms with Crippen LogP contribution in [-0.4, -0.2) is 46.4 Å². The van der Waals surface area contributed by atoms with Crippen LogP contribution in [0.2, 0.25) is 0 Å². The molecule has 1 radical (unpaired) electrons. The van der Waals surface area contributed by atoms with Crippen LogP contribution in [0.3, 0.4) is 0 Å². The Morgan fingerprint density at radius 2 is 1.75 bits per heavy atom. The maximum Gasteiger partial charge on any atom is 0.377 e. The quantitative estimate of drug-likeness (QED) is 0.409. The molecule has 0 amide bonds. The Labute approximate surface area is 98.7 Å². The molecule has 0 atom stereocenters. The first kappa shape index (κ1) is 5.17. The molecule has 0 saturated carbocycles. The molecule has 4 heteroatoms. The zero-order valence-corrected chi connectivity index (χ0v) is 8.26. The molecule has 0 bridgehead atoms. The van der Waals surface area contributed by atoms with Crippen molar-refractivity contribution in [2.75, 3.05) is 0 Å². The smallest absolute Gasteiger partial charge is 0.377 e. The van der Waals surface area contributed by atoms with Gasteiger partial charge in [-0.1, -0.05) is 30.2 Å². The van der Waals surface area contributed by atoms with Crippen LogP contribution in [0.1, 0.15) is 17.2 Å². The van der Waals surface area contributed by atoms with Crippen molar-refractivity contribution in [3.8, 4) is 0 Å². The fourth-order valence-electron chi connectivity index (χ4n) is 0.470. The number of ketones is 1. The fraction of sp³-hybridized carbons (Fsp3) is 0. The van der Waals surface area contributed by atoms with Crippen LogP contribution >= 0.6 is 0 Å². The number of hydrogen-bond donors (Lipinski definition) is 1. The number of carboxylic acids is 1. The summed E-state index contributed by atoms with van der Waals surface area (Å²) in [6, 6.07) is -3.75. The van der Waals surface area contributed by atoms with E-state index >= 15 is 0 Å². The van der Waals surface area contributed by atoms with Crippen molar-refractivity contribution in [1.82, 2.24) is 0 Å². The molecule has 0 aliphatic heterocycles. The standard InChI is InChI=1S/C8H6O3.Na/c9-7(8(10)11)6-4-2-1-3-5-6;/h1-5H,(H,10,11);/i1D,2D,3D,4D,5D;. The van der Waals surface area contributed by atoms with Crippen LogP contribution in [0.15, 0.2) is 30.2 Å². The van der Waals surface area contributed by atoms with Crippen LogP contribution in [0, 0.1) is 0 Å². The van der Waals surface area contributed by atoms with E-state index in [4.69, 9.17) is 12.0 Å². The average molecular weight is 178 g/mol. The molecule has 0 aromatic heterocycles. The third-order valence-electron chi connectivity index (χ3n) is 0.921. The number of hydrogen-bond acceptors (Lipinski definition) is 2. The van der Waals surface area contributed by atoms with Gasteiger partial charge in [0.05, 0.1) is 6.85 Å². The van der Waals surface area contributed by atoms with Crippen molar-refractivity contribution in [3.63, 3.8) is 0 Å². The van der Waals surface area contributed by atoms with Gasteiger partial charge >= 0.3 is 5.97 Å². The molecule has 0 unspecified atom stereocenters. The molecule has 12 heavy (non-hydrogen) atoms. The Kier molecular flexibility index (Phi) is 2.19. The summed E-state index contributed by atoms with van der Waals surface area (Å²) in [7, 11) is 0. The summed E-state index contributed by atoms with van der Waals surface area (Å²) in [4.78, 5) is 21.6. The molecule has 0 aliphatic carbocycles. The Hall–Kier alpha value is -0.640. The van der Waals surface area contributed by atoms with E-state index in [1.165, 1.54) is 0 Å². The van der Waals surface area contributed by atoms with Crippen LogP contribution in [0.4, 0.5) is 0 Å². The van der Waals surface area contributed by atoms with E-state index in [2.05, 4.69) is 0 Å². The van der Waals surface area contributed by atoms with E-state index in [-0.39, 0.29) is 29.6 Å². The molecule has 1 aromatic carbocycles. The van der Waals surface area contributed by atoms with E-state index in [0.717, 1.165) is 0 Å². The van der Waals surface area contributed by atoms with Gasteiger partial charge in [0.1, 0.15) is 0 Å². The third-order valence-corrected chi connectivity index (χ3v) is 0.921. The number of benzene rings is 1. The summed E-state index contributed by atoms with van der Waals surface area (Å²) >= 11 is 0. The molecular formula is C8H6NaO3. The summed E-state index contributed by atoms with van der Waals surface area (Å²) < 4.78 is 36.3. The summed E-state index contributed by atoms with van der Waals surface area (Å²) in [5.41, 5.74) is -0.821. The number of carbonyl (C=O) groups is 2. The third kappa shape index (κ3) is 2.77. The van der Waals surface area contributed by atoms with Gasteiger partial charge in [-0.3, -0.25) is 4.79 Å². The van der Waals surface area contributed by atoms with E-state index in [1.54, 1.807) is 0 Å². The average Bonchev–Trinajstić information content (AvgIpc) is 2.23. The summed E-state index contributed by atoms with van der Waals surface area (Å²) in [6.45, 7) is 0. The maximum absolute atomic E-state index is 11.1. The summed E-state index contributed by atoms with van der Waals surface area (Å²) in [6.07, 6.45) is 0. The van der Waals surface area contributed by atoms with Crippen LogP contribution < -0.4 is 0 Å². The van der Waals surface area contributed by atoms with Gasteiger partial charge in [0.25, 0.3) is 5.78 Å². The topological polar surface area (TPSA) is 54.4 Å². The van der Waals surface area contributed by atoms with Gasteiger partial charge in [-0.2, -0.15) is 0 Å². The van der Waals surface area contributed by atoms with Crippen LogP contribution in [-0.2, 0) is 4.79 Å². The SMILES string of the molecule is [2H]c1c([2H])c([2H])c(C(=O)C(=O)O)c([2H])c1[2H].[Na]. The zero-order valence-electron chi connectivity index (χ0n) is 11.3. The molecule has 0 heterocycles. The van der Waals surface area contributed by atoms with Crippen molar-refractivity contribution < 1.29 is 21.5 Å². The van der Waals surface area contributed by atoms with E-state index < -0.39 is 47.5 Å².